The van der Waals surface area contributed by atoms with Crippen LogP contribution in [0.25, 0.3) is 0 Å². The normalized spacial score (nSPS) is 25.2. The Balaban J connectivity index is 1.93. The van der Waals surface area contributed by atoms with Gasteiger partial charge < -0.3 is 5.32 Å². The van der Waals surface area contributed by atoms with E-state index in [4.69, 9.17) is 11.6 Å². The number of hydrogen-bond donors (Lipinski definition) is 1. The third-order valence-corrected chi connectivity index (χ3v) is 4.99. The summed E-state index contributed by atoms with van der Waals surface area (Å²) in [6.07, 6.45) is 8.03. The summed E-state index contributed by atoms with van der Waals surface area (Å²) in [6, 6.07) is 8.89. The maximum Gasteiger partial charge on any atom is 0.0408 e. The first kappa shape index (κ1) is 14.9. The molecular formula is C17H26ClN. The maximum absolute atomic E-state index is 6.07. The number of benzene rings is 1. The second-order valence-electron chi connectivity index (χ2n) is 5.92. The van der Waals surface area contributed by atoms with Crippen LogP contribution in [0.1, 0.15) is 44.6 Å². The van der Waals surface area contributed by atoms with E-state index in [1.54, 1.807) is 0 Å². The van der Waals surface area contributed by atoms with Gasteiger partial charge in [0.25, 0.3) is 0 Å². The van der Waals surface area contributed by atoms with Gasteiger partial charge in [-0.05, 0) is 55.8 Å². The van der Waals surface area contributed by atoms with Crippen LogP contribution in [0.5, 0.6) is 0 Å². The van der Waals surface area contributed by atoms with Crippen LogP contribution in [0.15, 0.2) is 24.3 Å². The third-order valence-electron chi connectivity index (χ3n) is 4.75. The van der Waals surface area contributed by atoms with Gasteiger partial charge in [-0.1, -0.05) is 49.9 Å². The molecular weight excluding hydrogens is 254 g/mol. The summed E-state index contributed by atoms with van der Waals surface area (Å²) in [7, 11) is 2.10. The molecule has 1 fully saturated rings. The fraction of sp³-hybridized carbons (Fsp3) is 0.647. The van der Waals surface area contributed by atoms with Gasteiger partial charge in [0, 0.05) is 11.1 Å². The van der Waals surface area contributed by atoms with Crippen LogP contribution < -0.4 is 5.32 Å². The van der Waals surface area contributed by atoms with Crippen LogP contribution in [0.4, 0.5) is 0 Å². The van der Waals surface area contributed by atoms with Crippen LogP contribution >= 0.6 is 11.6 Å². The molecule has 1 saturated carbocycles. The van der Waals surface area contributed by atoms with E-state index in [1.807, 2.05) is 6.07 Å². The van der Waals surface area contributed by atoms with Crippen molar-refractivity contribution in [3.8, 4) is 0 Å². The Morgan fingerprint density at radius 3 is 2.58 bits per heavy atom. The molecule has 1 unspecified atom stereocenters. The summed E-state index contributed by atoms with van der Waals surface area (Å²) in [5.41, 5.74) is 1.35. The molecule has 2 rings (SSSR count). The van der Waals surface area contributed by atoms with Crippen LogP contribution in [0.3, 0.4) is 0 Å². The Kier molecular flexibility index (Phi) is 5.72. The van der Waals surface area contributed by atoms with Crippen LogP contribution in [0.2, 0.25) is 5.02 Å². The molecule has 0 spiro atoms. The molecule has 0 bridgehead atoms. The second kappa shape index (κ2) is 7.31. The van der Waals surface area contributed by atoms with Crippen molar-refractivity contribution in [2.75, 3.05) is 7.05 Å². The summed E-state index contributed by atoms with van der Waals surface area (Å²) >= 11 is 6.07. The number of nitrogens with one attached hydrogen (secondary N) is 1. The average molecular weight is 280 g/mol. The van der Waals surface area contributed by atoms with Gasteiger partial charge >= 0.3 is 0 Å². The van der Waals surface area contributed by atoms with E-state index in [2.05, 4.69) is 37.5 Å². The van der Waals surface area contributed by atoms with Crippen molar-refractivity contribution < 1.29 is 0 Å². The Morgan fingerprint density at radius 2 is 2.00 bits per heavy atom. The molecule has 19 heavy (non-hydrogen) atoms. The molecule has 1 N–H and O–H groups in total. The minimum absolute atomic E-state index is 0.594. The van der Waals surface area contributed by atoms with Crippen molar-refractivity contribution in [1.82, 2.24) is 5.32 Å². The van der Waals surface area contributed by atoms with E-state index in [0.29, 0.717) is 6.04 Å². The molecule has 0 amide bonds. The molecule has 1 atom stereocenters. The Labute approximate surface area is 122 Å². The zero-order valence-electron chi connectivity index (χ0n) is 12.2. The predicted molar refractivity (Wildman–Crippen MR) is 83.7 cm³/mol. The highest BCUT2D eigenvalue weighted by Gasteiger charge is 2.26. The lowest BCUT2D eigenvalue weighted by molar-refractivity contribution is 0.222. The number of hydrogen-bond acceptors (Lipinski definition) is 1. The van der Waals surface area contributed by atoms with Crippen molar-refractivity contribution in [3.63, 3.8) is 0 Å². The standard InChI is InChI=1S/C17H26ClN/c1-3-13-7-9-15(10-8-13)17(19-2)12-14-5-4-6-16(18)11-14/h4-6,11,13,15,17,19H,3,7-10,12H2,1-2H3. The third kappa shape index (κ3) is 4.22. The van der Waals surface area contributed by atoms with Crippen molar-refractivity contribution in [2.45, 2.75) is 51.5 Å². The SMILES string of the molecule is CCC1CCC(C(Cc2cccc(Cl)c2)NC)CC1. The smallest absolute Gasteiger partial charge is 0.0408 e. The van der Waals surface area contributed by atoms with Gasteiger partial charge in [-0.3, -0.25) is 0 Å². The Hall–Kier alpha value is -0.530. The number of likely N-dealkylation sites (N-methyl/N-ethyl adjacent to an activating group) is 1. The molecule has 0 heterocycles. The van der Waals surface area contributed by atoms with E-state index >= 15 is 0 Å². The Bertz CT molecular complexity index is 383. The molecule has 1 aliphatic carbocycles. The monoisotopic (exact) mass is 279 g/mol. The molecule has 1 nitrogen and oxygen atoms in total. The minimum Gasteiger partial charge on any atom is -0.316 e. The van der Waals surface area contributed by atoms with E-state index in [0.717, 1.165) is 23.3 Å². The lowest BCUT2D eigenvalue weighted by Crippen LogP contribution is -2.37. The van der Waals surface area contributed by atoms with Gasteiger partial charge in [0.1, 0.15) is 0 Å². The maximum atomic E-state index is 6.07. The fourth-order valence-electron chi connectivity index (χ4n) is 3.42. The number of halogens is 1. The predicted octanol–water partition coefficient (Wildman–Crippen LogP) is 4.69. The second-order valence-corrected chi connectivity index (χ2v) is 6.35. The van der Waals surface area contributed by atoms with Crippen molar-refractivity contribution >= 4 is 11.6 Å². The summed E-state index contributed by atoms with van der Waals surface area (Å²) in [5, 5.41) is 4.38. The summed E-state index contributed by atoms with van der Waals surface area (Å²) in [4.78, 5) is 0. The topological polar surface area (TPSA) is 12.0 Å². The van der Waals surface area contributed by atoms with Crippen molar-refractivity contribution in [2.24, 2.45) is 11.8 Å². The van der Waals surface area contributed by atoms with E-state index < -0.39 is 0 Å². The lowest BCUT2D eigenvalue weighted by atomic mass is 9.76. The first-order valence-electron chi connectivity index (χ1n) is 7.64. The van der Waals surface area contributed by atoms with Gasteiger partial charge in [0.15, 0.2) is 0 Å². The minimum atomic E-state index is 0.594. The molecule has 0 radical (unpaired) electrons. The molecule has 1 aliphatic rings. The van der Waals surface area contributed by atoms with Crippen molar-refractivity contribution in [1.29, 1.82) is 0 Å². The molecule has 0 aliphatic heterocycles. The van der Waals surface area contributed by atoms with Crippen LogP contribution in [-0.2, 0) is 6.42 Å². The van der Waals surface area contributed by atoms with Gasteiger partial charge in [-0.2, -0.15) is 0 Å². The van der Waals surface area contributed by atoms with E-state index in [1.165, 1.54) is 37.7 Å². The fourth-order valence-corrected chi connectivity index (χ4v) is 3.63. The highest BCUT2D eigenvalue weighted by molar-refractivity contribution is 6.30. The molecule has 106 valence electrons. The van der Waals surface area contributed by atoms with E-state index in [-0.39, 0.29) is 0 Å². The molecule has 0 aromatic heterocycles. The largest absolute Gasteiger partial charge is 0.316 e. The average Bonchev–Trinajstić information content (AvgIpc) is 2.45. The summed E-state index contributed by atoms with van der Waals surface area (Å²) < 4.78 is 0. The number of rotatable bonds is 5. The molecule has 1 aromatic carbocycles. The van der Waals surface area contributed by atoms with Crippen LogP contribution in [0, 0.1) is 11.8 Å². The van der Waals surface area contributed by atoms with Gasteiger partial charge in [0.2, 0.25) is 0 Å². The zero-order valence-corrected chi connectivity index (χ0v) is 12.9. The van der Waals surface area contributed by atoms with Gasteiger partial charge in [-0.15, -0.1) is 0 Å². The summed E-state index contributed by atoms with van der Waals surface area (Å²) in [5.74, 6) is 1.80. The highest BCUT2D eigenvalue weighted by atomic mass is 35.5. The van der Waals surface area contributed by atoms with E-state index in [9.17, 15) is 0 Å². The lowest BCUT2D eigenvalue weighted by Gasteiger charge is -2.33. The molecule has 0 saturated heterocycles. The Morgan fingerprint density at radius 1 is 1.26 bits per heavy atom. The summed E-state index contributed by atoms with van der Waals surface area (Å²) in [6.45, 7) is 2.33. The van der Waals surface area contributed by atoms with Gasteiger partial charge in [0.05, 0.1) is 0 Å². The first-order valence-corrected chi connectivity index (χ1v) is 8.02. The van der Waals surface area contributed by atoms with Gasteiger partial charge in [-0.25, -0.2) is 0 Å². The molecule has 1 aromatic rings. The quantitative estimate of drug-likeness (QED) is 0.825. The first-order chi connectivity index (χ1) is 9.22. The highest BCUT2D eigenvalue weighted by Crippen LogP contribution is 2.33. The van der Waals surface area contributed by atoms with Crippen LogP contribution in [-0.4, -0.2) is 13.1 Å². The zero-order chi connectivity index (χ0) is 13.7. The van der Waals surface area contributed by atoms with Crippen molar-refractivity contribution in [3.05, 3.63) is 34.9 Å². The molecule has 2 heteroatoms.